The van der Waals surface area contributed by atoms with Crippen LogP contribution in [0.25, 0.3) is 0 Å². The highest BCUT2D eigenvalue weighted by molar-refractivity contribution is 7.89. The van der Waals surface area contributed by atoms with E-state index in [1.807, 2.05) is 17.0 Å². The van der Waals surface area contributed by atoms with Gasteiger partial charge in [0.25, 0.3) is 5.69 Å². The molecule has 9 heteroatoms. The van der Waals surface area contributed by atoms with E-state index in [0.29, 0.717) is 18.5 Å². The molecule has 0 atom stereocenters. The molecule has 1 heterocycles. The molecule has 1 amide bonds. The van der Waals surface area contributed by atoms with E-state index in [1.165, 1.54) is 12.1 Å². The van der Waals surface area contributed by atoms with E-state index in [-0.39, 0.29) is 23.0 Å². The molecule has 8 nitrogen and oxygen atoms in total. The van der Waals surface area contributed by atoms with Crippen molar-refractivity contribution in [2.24, 2.45) is 0 Å². The highest BCUT2D eigenvalue weighted by Crippen LogP contribution is 2.22. The summed E-state index contributed by atoms with van der Waals surface area (Å²) in [5.41, 5.74) is 1.90. The van der Waals surface area contributed by atoms with E-state index >= 15 is 0 Å². The van der Waals surface area contributed by atoms with Crippen LogP contribution in [-0.2, 0) is 27.9 Å². The first kappa shape index (κ1) is 20.0. The number of amides is 1. The minimum absolute atomic E-state index is 0.0624. The van der Waals surface area contributed by atoms with E-state index in [1.54, 1.807) is 19.1 Å². The molecule has 0 aromatic heterocycles. The number of nitrogens with one attached hydrogen (secondary N) is 1. The molecule has 0 saturated carbocycles. The van der Waals surface area contributed by atoms with Gasteiger partial charge in [-0.2, -0.15) is 0 Å². The molecule has 3 rings (SSSR count). The summed E-state index contributed by atoms with van der Waals surface area (Å²) >= 11 is 0. The number of sulfonamides is 1. The average Bonchev–Trinajstić information content (AvgIpc) is 3.06. The topological polar surface area (TPSA) is 110 Å². The Bertz CT molecular complexity index is 1000. The van der Waals surface area contributed by atoms with Gasteiger partial charge in [-0.05, 0) is 30.5 Å². The summed E-state index contributed by atoms with van der Waals surface area (Å²) in [4.78, 5) is 23.8. The zero-order chi connectivity index (χ0) is 20.3. The number of likely N-dealkylation sites (tertiary alicyclic amines) is 1. The molecule has 0 bridgehead atoms. The van der Waals surface area contributed by atoms with Crippen LogP contribution >= 0.6 is 0 Å². The van der Waals surface area contributed by atoms with Crippen LogP contribution in [0.4, 0.5) is 5.69 Å². The SMILES string of the molecule is Cc1ccc(S(=O)(=O)NCc2ccc(CN3CCCC3=O)cc2)cc1[N+](=O)[O-]. The molecule has 1 aliphatic rings. The maximum atomic E-state index is 12.4. The average molecular weight is 403 g/mol. The molecule has 1 fully saturated rings. The Balaban J connectivity index is 1.65. The Morgan fingerprint density at radius 1 is 1.14 bits per heavy atom. The van der Waals surface area contributed by atoms with Gasteiger partial charge in [-0.3, -0.25) is 14.9 Å². The monoisotopic (exact) mass is 403 g/mol. The molecule has 28 heavy (non-hydrogen) atoms. The van der Waals surface area contributed by atoms with E-state index < -0.39 is 14.9 Å². The van der Waals surface area contributed by atoms with Crippen molar-refractivity contribution in [1.29, 1.82) is 0 Å². The first-order valence-corrected chi connectivity index (χ1v) is 10.3. The molecule has 1 saturated heterocycles. The number of rotatable bonds is 7. The van der Waals surface area contributed by atoms with Crippen LogP contribution < -0.4 is 4.72 Å². The Morgan fingerprint density at radius 2 is 1.82 bits per heavy atom. The fourth-order valence-electron chi connectivity index (χ4n) is 3.07. The molecule has 1 aliphatic heterocycles. The van der Waals surface area contributed by atoms with Crippen LogP contribution in [0, 0.1) is 17.0 Å². The van der Waals surface area contributed by atoms with Crippen molar-refractivity contribution < 1.29 is 18.1 Å². The fourth-order valence-corrected chi connectivity index (χ4v) is 4.11. The largest absolute Gasteiger partial charge is 0.338 e. The predicted octanol–water partition coefficient (Wildman–Crippen LogP) is 2.50. The van der Waals surface area contributed by atoms with Crippen molar-refractivity contribution in [1.82, 2.24) is 9.62 Å². The molecule has 0 unspecified atom stereocenters. The summed E-state index contributed by atoms with van der Waals surface area (Å²) < 4.78 is 27.4. The van der Waals surface area contributed by atoms with Crippen LogP contribution in [0.5, 0.6) is 0 Å². The summed E-state index contributed by atoms with van der Waals surface area (Å²) in [6.45, 7) is 2.94. The number of carbonyl (C=O) groups excluding carboxylic acids is 1. The Labute approximate surface area is 163 Å². The highest BCUT2D eigenvalue weighted by Gasteiger charge is 2.21. The van der Waals surface area contributed by atoms with Crippen molar-refractivity contribution >= 4 is 21.6 Å². The van der Waals surface area contributed by atoms with E-state index in [4.69, 9.17) is 0 Å². The van der Waals surface area contributed by atoms with Crippen LogP contribution in [0.2, 0.25) is 0 Å². The minimum Gasteiger partial charge on any atom is -0.338 e. The molecule has 2 aromatic carbocycles. The lowest BCUT2D eigenvalue weighted by atomic mass is 10.1. The lowest BCUT2D eigenvalue weighted by Crippen LogP contribution is -2.24. The van der Waals surface area contributed by atoms with Gasteiger partial charge in [-0.1, -0.05) is 30.3 Å². The molecule has 2 aromatic rings. The fraction of sp³-hybridized carbons (Fsp3) is 0.316. The van der Waals surface area contributed by atoms with Crippen molar-refractivity contribution in [2.45, 2.75) is 37.8 Å². The Kier molecular flexibility index (Phi) is 5.76. The number of hydrogen-bond donors (Lipinski definition) is 1. The van der Waals surface area contributed by atoms with Gasteiger partial charge in [0.15, 0.2) is 0 Å². The second kappa shape index (κ2) is 8.07. The number of benzene rings is 2. The van der Waals surface area contributed by atoms with Crippen molar-refractivity contribution in [2.75, 3.05) is 6.54 Å². The molecule has 0 spiro atoms. The molecule has 148 valence electrons. The van der Waals surface area contributed by atoms with Gasteiger partial charge in [-0.25, -0.2) is 13.1 Å². The Morgan fingerprint density at radius 3 is 2.43 bits per heavy atom. The van der Waals surface area contributed by atoms with Crippen molar-refractivity contribution in [3.63, 3.8) is 0 Å². The first-order valence-electron chi connectivity index (χ1n) is 8.86. The predicted molar refractivity (Wildman–Crippen MR) is 103 cm³/mol. The smallest absolute Gasteiger partial charge is 0.273 e. The van der Waals surface area contributed by atoms with Crippen LogP contribution in [-0.4, -0.2) is 30.7 Å². The zero-order valence-corrected chi connectivity index (χ0v) is 16.2. The molecule has 1 N–H and O–H groups in total. The maximum absolute atomic E-state index is 12.4. The summed E-state index contributed by atoms with van der Waals surface area (Å²) in [7, 11) is -3.87. The summed E-state index contributed by atoms with van der Waals surface area (Å²) in [5.74, 6) is 0.157. The van der Waals surface area contributed by atoms with Gasteiger partial charge in [0, 0.05) is 37.7 Å². The van der Waals surface area contributed by atoms with Gasteiger partial charge >= 0.3 is 0 Å². The lowest BCUT2D eigenvalue weighted by molar-refractivity contribution is -0.385. The zero-order valence-electron chi connectivity index (χ0n) is 15.4. The number of nitro benzene ring substituents is 1. The normalized spacial score (nSPS) is 14.5. The van der Waals surface area contributed by atoms with Gasteiger partial charge in [0.2, 0.25) is 15.9 Å². The minimum atomic E-state index is -3.87. The number of carbonyl (C=O) groups is 1. The maximum Gasteiger partial charge on any atom is 0.273 e. The second-order valence-corrected chi connectivity index (χ2v) is 8.53. The lowest BCUT2D eigenvalue weighted by Gasteiger charge is -2.15. The second-order valence-electron chi connectivity index (χ2n) is 6.77. The standard InChI is InChI=1S/C19H21N3O5S/c1-14-4-9-17(11-18(14)22(24)25)28(26,27)20-12-15-5-7-16(8-6-15)13-21-10-2-3-19(21)23/h4-9,11,20H,2-3,10,12-13H2,1H3. The van der Waals surface area contributed by atoms with E-state index in [0.717, 1.165) is 30.2 Å². The highest BCUT2D eigenvalue weighted by atomic mass is 32.2. The van der Waals surface area contributed by atoms with Gasteiger partial charge in [0.05, 0.1) is 9.82 Å². The molecule has 0 radical (unpaired) electrons. The third kappa shape index (κ3) is 4.55. The summed E-state index contributed by atoms with van der Waals surface area (Å²) in [5, 5.41) is 11.0. The quantitative estimate of drug-likeness (QED) is 0.564. The third-order valence-corrected chi connectivity index (χ3v) is 6.12. The Hall–Kier alpha value is -2.78. The van der Waals surface area contributed by atoms with Crippen LogP contribution in [0.15, 0.2) is 47.4 Å². The van der Waals surface area contributed by atoms with Gasteiger partial charge in [-0.15, -0.1) is 0 Å². The van der Waals surface area contributed by atoms with Crippen molar-refractivity contribution in [3.05, 3.63) is 69.3 Å². The molecular weight excluding hydrogens is 382 g/mol. The molecular formula is C19H21N3O5S. The molecule has 0 aliphatic carbocycles. The van der Waals surface area contributed by atoms with Crippen LogP contribution in [0.1, 0.15) is 29.5 Å². The number of nitrogens with zero attached hydrogens (tertiary/aromatic N) is 2. The number of hydrogen-bond acceptors (Lipinski definition) is 5. The summed E-state index contributed by atoms with van der Waals surface area (Å²) in [6.07, 6.45) is 1.48. The third-order valence-electron chi connectivity index (χ3n) is 4.72. The van der Waals surface area contributed by atoms with Gasteiger partial charge in [0.1, 0.15) is 0 Å². The summed E-state index contributed by atoms with van der Waals surface area (Å²) in [6, 6.07) is 11.2. The van der Waals surface area contributed by atoms with E-state index in [9.17, 15) is 23.3 Å². The first-order chi connectivity index (χ1) is 13.3. The van der Waals surface area contributed by atoms with Crippen molar-refractivity contribution in [3.8, 4) is 0 Å². The van der Waals surface area contributed by atoms with Crippen LogP contribution in [0.3, 0.4) is 0 Å². The van der Waals surface area contributed by atoms with Gasteiger partial charge < -0.3 is 4.90 Å². The number of aryl methyl sites for hydroxylation is 1. The number of nitro groups is 1. The van der Waals surface area contributed by atoms with E-state index in [2.05, 4.69) is 4.72 Å².